The molecule has 1 N–H and O–H groups in total. The van der Waals surface area contributed by atoms with Crippen molar-refractivity contribution < 1.29 is 14.2 Å². The van der Waals surface area contributed by atoms with Gasteiger partial charge in [0.2, 0.25) is 12.7 Å². The van der Waals surface area contributed by atoms with E-state index in [1.165, 1.54) is 0 Å². The minimum Gasteiger partial charge on any atom is -0.472 e. The van der Waals surface area contributed by atoms with Gasteiger partial charge in [-0.15, -0.1) is 10.2 Å². The highest BCUT2D eigenvalue weighted by molar-refractivity contribution is 5.51. The van der Waals surface area contributed by atoms with Crippen molar-refractivity contribution in [3.8, 4) is 17.4 Å². The van der Waals surface area contributed by atoms with Gasteiger partial charge in [0.25, 0.3) is 0 Å². The van der Waals surface area contributed by atoms with Gasteiger partial charge in [-0.2, -0.15) is 0 Å². The number of ether oxygens (including phenoxy) is 3. The Bertz CT molecular complexity index is 817. The Kier molecular flexibility index (Phi) is 3.45. The Morgan fingerprint density at radius 2 is 2.08 bits per heavy atom. The molecule has 0 aliphatic carbocycles. The van der Waals surface area contributed by atoms with Crippen molar-refractivity contribution in [3.63, 3.8) is 0 Å². The van der Waals surface area contributed by atoms with Crippen molar-refractivity contribution in [2.45, 2.75) is 13.5 Å². The molecule has 0 radical (unpaired) electrons. The summed E-state index contributed by atoms with van der Waals surface area (Å²) in [5, 5.41) is 10.0. The third kappa shape index (κ3) is 2.71. The van der Waals surface area contributed by atoms with E-state index in [0.717, 1.165) is 28.5 Å². The Labute approximate surface area is 139 Å². The van der Waals surface area contributed by atoms with E-state index in [2.05, 4.69) is 22.2 Å². The van der Waals surface area contributed by atoms with Gasteiger partial charge in [-0.25, -0.2) is 5.01 Å². The summed E-state index contributed by atoms with van der Waals surface area (Å²) in [6.45, 7) is 6.55. The van der Waals surface area contributed by atoms with Crippen molar-refractivity contribution in [2.24, 2.45) is 0 Å². The average Bonchev–Trinajstić information content (AvgIpc) is 3.18. The zero-order chi connectivity index (χ0) is 16.5. The number of hydrazine groups is 1. The minimum absolute atomic E-state index is 0.261. The molecular formula is C17H16N4O3. The van der Waals surface area contributed by atoms with Crippen LogP contribution in [0.5, 0.6) is 17.4 Å². The molecule has 24 heavy (non-hydrogen) atoms. The lowest BCUT2D eigenvalue weighted by molar-refractivity contribution is 0.174. The summed E-state index contributed by atoms with van der Waals surface area (Å²) in [6.07, 6.45) is 1.94. The summed E-state index contributed by atoms with van der Waals surface area (Å²) < 4.78 is 16.3. The Morgan fingerprint density at radius 1 is 1.21 bits per heavy atom. The molecule has 7 heteroatoms. The standard InChI is InChI=1S/C17H16N4O3/c1-11-7-12(2)21(20-11)16-5-6-17(19-18-16)22-9-13-3-4-14-15(8-13)24-10-23-14/h3-8,20H,2,9-10H2,1H3. The first kappa shape index (κ1) is 14.4. The van der Waals surface area contributed by atoms with Crippen molar-refractivity contribution >= 4 is 5.82 Å². The van der Waals surface area contributed by atoms with Crippen LogP contribution >= 0.6 is 0 Å². The van der Waals surface area contributed by atoms with Crippen LogP contribution in [0.4, 0.5) is 5.82 Å². The van der Waals surface area contributed by atoms with E-state index >= 15 is 0 Å². The molecule has 7 nitrogen and oxygen atoms in total. The SMILES string of the molecule is C=C1C=C(C)NN1c1ccc(OCc2ccc3c(c2)OCO3)nn1. The van der Waals surface area contributed by atoms with Gasteiger partial charge < -0.3 is 14.2 Å². The molecule has 0 fully saturated rings. The molecule has 0 atom stereocenters. The van der Waals surface area contributed by atoms with E-state index in [4.69, 9.17) is 14.2 Å². The molecule has 0 spiro atoms. The minimum atomic E-state index is 0.261. The summed E-state index contributed by atoms with van der Waals surface area (Å²) in [5.74, 6) is 2.60. The quantitative estimate of drug-likeness (QED) is 0.926. The van der Waals surface area contributed by atoms with Gasteiger partial charge in [0.1, 0.15) is 6.61 Å². The van der Waals surface area contributed by atoms with E-state index < -0.39 is 0 Å². The van der Waals surface area contributed by atoms with Crippen LogP contribution in [0, 0.1) is 0 Å². The smallest absolute Gasteiger partial charge is 0.233 e. The first-order chi connectivity index (χ1) is 11.7. The normalized spacial score (nSPS) is 15.3. The third-order valence-electron chi connectivity index (χ3n) is 3.64. The van der Waals surface area contributed by atoms with Crippen LogP contribution in [-0.4, -0.2) is 17.0 Å². The number of nitrogens with one attached hydrogen (secondary N) is 1. The highest BCUT2D eigenvalue weighted by atomic mass is 16.7. The number of aromatic nitrogens is 2. The second-order valence-corrected chi connectivity index (χ2v) is 5.47. The van der Waals surface area contributed by atoms with E-state index in [9.17, 15) is 0 Å². The monoisotopic (exact) mass is 324 g/mol. The molecule has 3 heterocycles. The summed E-state index contributed by atoms with van der Waals surface area (Å²) in [6, 6.07) is 9.30. The molecule has 0 saturated carbocycles. The highest BCUT2D eigenvalue weighted by Crippen LogP contribution is 2.32. The number of anilines is 1. The maximum absolute atomic E-state index is 5.67. The van der Waals surface area contributed by atoms with Crippen molar-refractivity contribution in [3.05, 3.63) is 59.9 Å². The van der Waals surface area contributed by atoms with E-state index in [0.29, 0.717) is 18.3 Å². The predicted molar refractivity (Wildman–Crippen MR) is 87.4 cm³/mol. The van der Waals surface area contributed by atoms with E-state index in [-0.39, 0.29) is 6.79 Å². The van der Waals surface area contributed by atoms with Crippen LogP contribution in [-0.2, 0) is 6.61 Å². The van der Waals surface area contributed by atoms with Gasteiger partial charge in [0.05, 0.1) is 5.70 Å². The van der Waals surface area contributed by atoms with E-state index in [1.807, 2.05) is 37.3 Å². The fraction of sp³-hybridized carbons (Fsp3) is 0.176. The second-order valence-electron chi connectivity index (χ2n) is 5.47. The van der Waals surface area contributed by atoms with Crippen molar-refractivity contribution in [1.82, 2.24) is 15.6 Å². The molecule has 1 aromatic heterocycles. The molecule has 0 unspecified atom stereocenters. The van der Waals surface area contributed by atoms with Gasteiger partial charge in [0, 0.05) is 11.8 Å². The lowest BCUT2D eigenvalue weighted by Crippen LogP contribution is -2.30. The first-order valence-corrected chi connectivity index (χ1v) is 7.48. The zero-order valence-electron chi connectivity index (χ0n) is 13.2. The van der Waals surface area contributed by atoms with Crippen LogP contribution < -0.4 is 24.6 Å². The number of nitrogens with zero attached hydrogens (tertiary/aromatic N) is 3. The summed E-state index contributed by atoms with van der Waals surface area (Å²) in [4.78, 5) is 0. The lowest BCUT2D eigenvalue weighted by Gasteiger charge is -2.18. The molecule has 2 aliphatic rings. The zero-order valence-corrected chi connectivity index (χ0v) is 13.2. The molecule has 0 saturated heterocycles. The molecule has 122 valence electrons. The predicted octanol–water partition coefficient (Wildman–Crippen LogP) is 2.53. The molecular weight excluding hydrogens is 308 g/mol. The number of benzene rings is 1. The average molecular weight is 324 g/mol. The van der Waals surface area contributed by atoms with Crippen molar-refractivity contribution in [2.75, 3.05) is 11.8 Å². The molecule has 1 aromatic carbocycles. The lowest BCUT2D eigenvalue weighted by atomic mass is 10.2. The largest absolute Gasteiger partial charge is 0.472 e. The van der Waals surface area contributed by atoms with Gasteiger partial charge in [-0.05, 0) is 36.8 Å². The second kappa shape index (κ2) is 5.77. The van der Waals surface area contributed by atoms with Crippen LogP contribution in [0.2, 0.25) is 0 Å². The van der Waals surface area contributed by atoms with Gasteiger partial charge in [-0.3, -0.25) is 5.43 Å². The molecule has 4 rings (SSSR count). The summed E-state index contributed by atoms with van der Waals surface area (Å²) >= 11 is 0. The maximum atomic E-state index is 5.67. The third-order valence-corrected chi connectivity index (χ3v) is 3.64. The molecule has 0 bridgehead atoms. The molecule has 0 amide bonds. The van der Waals surface area contributed by atoms with Crippen LogP contribution in [0.15, 0.2) is 54.4 Å². The van der Waals surface area contributed by atoms with E-state index in [1.54, 1.807) is 11.1 Å². The number of rotatable bonds is 4. The number of allylic oxidation sites excluding steroid dienone is 2. The van der Waals surface area contributed by atoms with Gasteiger partial charge in [0.15, 0.2) is 17.3 Å². The first-order valence-electron chi connectivity index (χ1n) is 7.48. The number of hydrogen-bond acceptors (Lipinski definition) is 7. The van der Waals surface area contributed by atoms with Gasteiger partial charge in [-0.1, -0.05) is 12.6 Å². The summed E-state index contributed by atoms with van der Waals surface area (Å²) in [7, 11) is 0. The van der Waals surface area contributed by atoms with Crippen molar-refractivity contribution in [1.29, 1.82) is 0 Å². The Balaban J connectivity index is 1.40. The summed E-state index contributed by atoms with van der Waals surface area (Å²) in [5.41, 5.74) is 5.94. The molecule has 2 aromatic rings. The Morgan fingerprint density at radius 3 is 2.83 bits per heavy atom. The topological polar surface area (TPSA) is 68.7 Å². The van der Waals surface area contributed by atoms with Crippen LogP contribution in [0.1, 0.15) is 12.5 Å². The highest BCUT2D eigenvalue weighted by Gasteiger charge is 2.17. The number of hydrogen-bond donors (Lipinski definition) is 1. The van der Waals surface area contributed by atoms with Crippen LogP contribution in [0.3, 0.4) is 0 Å². The fourth-order valence-electron chi connectivity index (χ4n) is 2.50. The Hall–Kier alpha value is -3.22. The van der Waals surface area contributed by atoms with Gasteiger partial charge >= 0.3 is 0 Å². The van der Waals surface area contributed by atoms with Crippen LogP contribution in [0.25, 0.3) is 0 Å². The molecule has 2 aliphatic heterocycles. The maximum Gasteiger partial charge on any atom is 0.233 e. The number of fused-ring (bicyclic) bond motifs is 1. The fourth-order valence-corrected chi connectivity index (χ4v) is 2.50.